The summed E-state index contributed by atoms with van der Waals surface area (Å²) in [4.78, 5) is 19.7. The average Bonchev–Trinajstić information content (AvgIpc) is 3.18. The third-order valence-corrected chi connectivity index (χ3v) is 6.21. The molecule has 4 nitrogen and oxygen atoms in total. The summed E-state index contributed by atoms with van der Waals surface area (Å²) in [5, 5.41) is 7.09. The zero-order chi connectivity index (χ0) is 14.4. The fraction of sp³-hybridized carbons (Fsp3) is 0.750. The summed E-state index contributed by atoms with van der Waals surface area (Å²) in [7, 11) is 0. The summed E-state index contributed by atoms with van der Waals surface area (Å²) in [6.07, 6.45) is 8.11. The zero-order valence-corrected chi connectivity index (χ0v) is 13.4. The average molecular weight is 305 g/mol. The molecule has 1 N–H and O–H groups in total. The first kappa shape index (κ1) is 13.7. The highest BCUT2D eigenvalue weighted by Crippen LogP contribution is 2.44. The molecule has 1 aliphatic heterocycles. The maximum absolute atomic E-state index is 12.9. The van der Waals surface area contributed by atoms with Crippen LogP contribution >= 0.6 is 11.3 Å². The van der Waals surface area contributed by atoms with Gasteiger partial charge in [-0.3, -0.25) is 10.1 Å². The van der Waals surface area contributed by atoms with E-state index in [1.165, 1.54) is 24.3 Å². The molecule has 0 bridgehead atoms. The highest BCUT2D eigenvalue weighted by molar-refractivity contribution is 7.09. The molecule has 21 heavy (non-hydrogen) atoms. The molecular weight excluding hydrogens is 282 g/mol. The number of thiazole rings is 1. The SMILES string of the molecule is CCN1C(=O)C2(CCCCC2)N[C@@H]1c1csc(C2CC2)n1. The number of aromatic nitrogens is 1. The van der Waals surface area contributed by atoms with Crippen LogP contribution in [0.15, 0.2) is 5.38 Å². The lowest BCUT2D eigenvalue weighted by Gasteiger charge is -2.31. The van der Waals surface area contributed by atoms with E-state index in [-0.39, 0.29) is 11.7 Å². The molecule has 5 heteroatoms. The lowest BCUT2D eigenvalue weighted by Crippen LogP contribution is -2.48. The van der Waals surface area contributed by atoms with Crippen LogP contribution in [0.5, 0.6) is 0 Å². The molecule has 1 aromatic heterocycles. The minimum atomic E-state index is -0.303. The number of carbonyl (C=O) groups excluding carboxylic acids is 1. The molecule has 1 spiro atoms. The molecule has 1 amide bonds. The Kier molecular flexibility index (Phi) is 3.30. The highest BCUT2D eigenvalue weighted by atomic mass is 32.1. The molecule has 2 aliphatic carbocycles. The van der Waals surface area contributed by atoms with Crippen LogP contribution in [-0.2, 0) is 4.79 Å². The van der Waals surface area contributed by atoms with E-state index in [0.29, 0.717) is 11.8 Å². The lowest BCUT2D eigenvalue weighted by molar-refractivity contribution is -0.134. The van der Waals surface area contributed by atoms with Crippen molar-refractivity contribution in [3.8, 4) is 0 Å². The van der Waals surface area contributed by atoms with Gasteiger partial charge in [0.15, 0.2) is 0 Å². The Hall–Kier alpha value is -0.940. The molecule has 1 atom stereocenters. The van der Waals surface area contributed by atoms with Crippen molar-refractivity contribution in [2.45, 2.75) is 69.5 Å². The van der Waals surface area contributed by atoms with Crippen LogP contribution in [0.25, 0.3) is 0 Å². The summed E-state index contributed by atoms with van der Waals surface area (Å²) in [6, 6.07) is 0. The van der Waals surface area contributed by atoms with Crippen molar-refractivity contribution in [2.75, 3.05) is 6.54 Å². The van der Waals surface area contributed by atoms with Gasteiger partial charge in [-0.1, -0.05) is 19.3 Å². The van der Waals surface area contributed by atoms with Crippen LogP contribution in [-0.4, -0.2) is 27.9 Å². The van der Waals surface area contributed by atoms with Crippen molar-refractivity contribution in [3.05, 3.63) is 16.1 Å². The van der Waals surface area contributed by atoms with Gasteiger partial charge in [0.05, 0.1) is 16.2 Å². The Balaban J connectivity index is 1.62. The molecule has 1 saturated heterocycles. The Morgan fingerprint density at radius 3 is 2.81 bits per heavy atom. The van der Waals surface area contributed by atoms with E-state index in [1.807, 2.05) is 4.90 Å². The summed E-state index contributed by atoms with van der Waals surface area (Å²) in [6.45, 7) is 2.83. The maximum Gasteiger partial charge on any atom is 0.244 e. The molecule has 0 radical (unpaired) electrons. The number of nitrogens with one attached hydrogen (secondary N) is 1. The summed E-state index contributed by atoms with van der Waals surface area (Å²) < 4.78 is 0. The van der Waals surface area contributed by atoms with Gasteiger partial charge in [0.1, 0.15) is 6.17 Å². The minimum absolute atomic E-state index is 0.00986. The Morgan fingerprint density at radius 1 is 1.38 bits per heavy atom. The van der Waals surface area contributed by atoms with Crippen LogP contribution in [0.4, 0.5) is 0 Å². The predicted molar refractivity (Wildman–Crippen MR) is 83.2 cm³/mol. The van der Waals surface area contributed by atoms with Crippen molar-refractivity contribution in [2.24, 2.45) is 0 Å². The number of likely N-dealkylation sites (N-methyl/N-ethyl adjacent to an activating group) is 1. The van der Waals surface area contributed by atoms with E-state index in [9.17, 15) is 4.79 Å². The second-order valence-corrected chi connectivity index (χ2v) is 7.56. The first-order chi connectivity index (χ1) is 10.2. The summed E-state index contributed by atoms with van der Waals surface area (Å²) in [5.74, 6) is 0.996. The summed E-state index contributed by atoms with van der Waals surface area (Å²) >= 11 is 1.77. The third kappa shape index (κ3) is 2.21. The van der Waals surface area contributed by atoms with Crippen LogP contribution in [0.2, 0.25) is 0 Å². The normalized spacial score (nSPS) is 28.5. The molecule has 114 valence electrons. The number of rotatable bonds is 3. The van der Waals surface area contributed by atoms with E-state index < -0.39 is 0 Å². The van der Waals surface area contributed by atoms with E-state index in [0.717, 1.165) is 37.9 Å². The van der Waals surface area contributed by atoms with Crippen LogP contribution in [0.3, 0.4) is 0 Å². The number of nitrogens with zero attached hydrogens (tertiary/aromatic N) is 2. The molecule has 3 aliphatic rings. The molecular formula is C16H23N3OS. The highest BCUT2D eigenvalue weighted by Gasteiger charge is 2.51. The number of amides is 1. The lowest BCUT2D eigenvalue weighted by atomic mass is 9.81. The molecule has 0 unspecified atom stereocenters. The van der Waals surface area contributed by atoms with E-state index in [2.05, 4.69) is 17.6 Å². The molecule has 4 rings (SSSR count). The standard InChI is InChI=1S/C16H23N3OS/c1-2-19-13(12-10-21-14(17-12)11-6-7-11)18-16(15(19)20)8-4-3-5-9-16/h10-11,13,18H,2-9H2,1H3/t13-/m0/s1. The van der Waals surface area contributed by atoms with Gasteiger partial charge in [0.2, 0.25) is 5.91 Å². The van der Waals surface area contributed by atoms with Gasteiger partial charge < -0.3 is 4.90 Å². The van der Waals surface area contributed by atoms with Crippen LogP contribution in [0, 0.1) is 0 Å². The monoisotopic (exact) mass is 305 g/mol. The largest absolute Gasteiger partial charge is 0.320 e. The molecule has 2 saturated carbocycles. The van der Waals surface area contributed by atoms with Crippen molar-refractivity contribution < 1.29 is 4.79 Å². The Morgan fingerprint density at radius 2 is 2.14 bits per heavy atom. The van der Waals surface area contributed by atoms with Crippen molar-refractivity contribution in [3.63, 3.8) is 0 Å². The second kappa shape index (κ2) is 5.06. The van der Waals surface area contributed by atoms with Crippen molar-refractivity contribution >= 4 is 17.2 Å². The first-order valence-electron chi connectivity index (χ1n) is 8.27. The van der Waals surface area contributed by atoms with E-state index in [4.69, 9.17) is 4.98 Å². The number of hydrogen-bond acceptors (Lipinski definition) is 4. The first-order valence-corrected chi connectivity index (χ1v) is 9.15. The molecule has 1 aromatic rings. The maximum atomic E-state index is 12.9. The predicted octanol–water partition coefficient (Wildman–Crippen LogP) is 3.17. The number of carbonyl (C=O) groups is 1. The smallest absolute Gasteiger partial charge is 0.244 e. The Labute approximate surface area is 129 Å². The quantitative estimate of drug-likeness (QED) is 0.933. The summed E-state index contributed by atoms with van der Waals surface area (Å²) in [5.41, 5.74) is 0.752. The fourth-order valence-corrected chi connectivity index (χ4v) is 4.82. The van der Waals surface area contributed by atoms with Gasteiger partial charge in [-0.2, -0.15) is 0 Å². The van der Waals surface area contributed by atoms with E-state index >= 15 is 0 Å². The third-order valence-electron chi connectivity index (χ3n) is 5.19. The van der Waals surface area contributed by atoms with Crippen molar-refractivity contribution in [1.29, 1.82) is 0 Å². The van der Waals surface area contributed by atoms with Gasteiger partial charge >= 0.3 is 0 Å². The molecule has 2 heterocycles. The Bertz CT molecular complexity index is 545. The molecule has 0 aromatic carbocycles. The van der Waals surface area contributed by atoms with Crippen LogP contribution < -0.4 is 5.32 Å². The van der Waals surface area contributed by atoms with Crippen molar-refractivity contribution in [1.82, 2.24) is 15.2 Å². The second-order valence-electron chi connectivity index (χ2n) is 6.67. The topological polar surface area (TPSA) is 45.2 Å². The zero-order valence-electron chi connectivity index (χ0n) is 12.6. The van der Waals surface area contributed by atoms with E-state index in [1.54, 1.807) is 11.3 Å². The number of hydrogen-bond donors (Lipinski definition) is 1. The van der Waals surface area contributed by atoms with Crippen LogP contribution in [0.1, 0.15) is 74.7 Å². The van der Waals surface area contributed by atoms with Gasteiger partial charge in [-0.05, 0) is 32.6 Å². The molecule has 3 fully saturated rings. The van der Waals surface area contributed by atoms with Gasteiger partial charge in [0.25, 0.3) is 0 Å². The minimum Gasteiger partial charge on any atom is -0.320 e. The van der Waals surface area contributed by atoms with Gasteiger partial charge in [-0.25, -0.2) is 4.98 Å². The fourth-order valence-electron chi connectivity index (χ4n) is 3.81. The van der Waals surface area contributed by atoms with Gasteiger partial charge in [-0.15, -0.1) is 11.3 Å². The van der Waals surface area contributed by atoms with Gasteiger partial charge in [0, 0.05) is 17.8 Å².